The fraction of sp³-hybridized carbons (Fsp3) is 0.533. The lowest BCUT2D eigenvalue weighted by Gasteiger charge is -2.10. The Morgan fingerprint density at radius 3 is 2.36 bits per heavy atom. The quantitative estimate of drug-likeness (QED) is 0.651. The van der Waals surface area contributed by atoms with Gasteiger partial charge in [-0.3, -0.25) is 4.79 Å². The van der Waals surface area contributed by atoms with Gasteiger partial charge in [0.1, 0.15) is 0 Å². The van der Waals surface area contributed by atoms with Gasteiger partial charge < -0.3 is 10.2 Å². The molecule has 0 bridgehead atoms. The van der Waals surface area contributed by atoms with Gasteiger partial charge in [-0.15, -0.1) is 0 Å². The minimum absolute atomic E-state index is 0.0191. The minimum atomic E-state index is -3.40. The van der Waals surface area contributed by atoms with Crippen molar-refractivity contribution in [2.75, 3.05) is 34.2 Å². The summed E-state index contributed by atoms with van der Waals surface area (Å²) in [7, 11) is 1.98. The number of benzene rings is 1. The van der Waals surface area contributed by atoms with Crippen molar-refractivity contribution in [3.63, 3.8) is 0 Å². The monoisotopic (exact) mass is 327 g/mol. The molecule has 22 heavy (non-hydrogen) atoms. The third kappa shape index (κ3) is 6.55. The van der Waals surface area contributed by atoms with Gasteiger partial charge in [0.25, 0.3) is 0 Å². The second-order valence-electron chi connectivity index (χ2n) is 5.36. The number of rotatable bonds is 9. The van der Waals surface area contributed by atoms with Gasteiger partial charge in [-0.1, -0.05) is 12.1 Å². The number of nitrogens with one attached hydrogen (secondary N) is 2. The van der Waals surface area contributed by atoms with Crippen LogP contribution in [-0.4, -0.2) is 53.5 Å². The summed E-state index contributed by atoms with van der Waals surface area (Å²) in [6, 6.07) is 6.58. The Labute approximate surface area is 132 Å². The Bertz CT molecular complexity index is 568. The summed E-state index contributed by atoms with van der Waals surface area (Å²) in [6.07, 6.45) is 1.93. The Morgan fingerprint density at radius 1 is 1.18 bits per heavy atom. The first-order chi connectivity index (χ1) is 10.3. The van der Waals surface area contributed by atoms with Gasteiger partial charge in [-0.2, -0.15) is 0 Å². The van der Waals surface area contributed by atoms with E-state index in [1.54, 1.807) is 24.3 Å². The molecule has 0 radical (unpaired) electrons. The second-order valence-corrected chi connectivity index (χ2v) is 7.24. The van der Waals surface area contributed by atoms with Crippen molar-refractivity contribution in [2.24, 2.45) is 0 Å². The molecule has 2 N–H and O–H groups in total. The summed E-state index contributed by atoms with van der Waals surface area (Å²) in [6.45, 7) is 1.62. The zero-order valence-electron chi connectivity index (χ0n) is 13.4. The van der Waals surface area contributed by atoms with Gasteiger partial charge >= 0.3 is 0 Å². The normalized spacial score (nSPS) is 11.6. The van der Waals surface area contributed by atoms with Crippen molar-refractivity contribution in [2.45, 2.75) is 24.2 Å². The second kappa shape index (κ2) is 8.87. The summed E-state index contributed by atoms with van der Waals surface area (Å²) in [5.74, 6) is 0.0191. The van der Waals surface area contributed by atoms with E-state index in [0.29, 0.717) is 19.4 Å². The molecule has 0 atom stereocenters. The van der Waals surface area contributed by atoms with Crippen LogP contribution in [0.25, 0.3) is 0 Å². The number of hydrogen-bond donors (Lipinski definition) is 2. The van der Waals surface area contributed by atoms with Crippen molar-refractivity contribution in [1.29, 1.82) is 0 Å². The first-order valence-electron chi connectivity index (χ1n) is 7.29. The molecule has 1 amide bonds. The van der Waals surface area contributed by atoms with Crippen LogP contribution in [0.5, 0.6) is 0 Å². The van der Waals surface area contributed by atoms with Crippen LogP contribution in [0.15, 0.2) is 29.2 Å². The number of hydrogen-bond acceptors (Lipinski definition) is 4. The molecule has 6 nitrogen and oxygen atoms in total. The summed E-state index contributed by atoms with van der Waals surface area (Å²) < 4.78 is 25.5. The van der Waals surface area contributed by atoms with E-state index in [0.717, 1.165) is 18.5 Å². The lowest BCUT2D eigenvalue weighted by Crippen LogP contribution is -2.27. The van der Waals surface area contributed by atoms with Crippen LogP contribution in [0.4, 0.5) is 0 Å². The molecule has 7 heteroatoms. The van der Waals surface area contributed by atoms with Crippen LogP contribution in [0.1, 0.15) is 18.4 Å². The highest BCUT2D eigenvalue weighted by atomic mass is 32.2. The summed E-state index contributed by atoms with van der Waals surface area (Å²) in [5, 5.41) is 2.88. The van der Waals surface area contributed by atoms with Crippen molar-refractivity contribution >= 4 is 15.9 Å². The largest absolute Gasteiger partial charge is 0.356 e. The van der Waals surface area contributed by atoms with Gasteiger partial charge in [0, 0.05) is 13.0 Å². The molecule has 1 aromatic rings. The smallest absolute Gasteiger partial charge is 0.240 e. The molecule has 0 aliphatic heterocycles. The molecular formula is C15H25N3O3S. The highest BCUT2D eigenvalue weighted by Gasteiger charge is 2.10. The molecule has 0 unspecified atom stereocenters. The molecule has 0 heterocycles. The maximum atomic E-state index is 11.7. The van der Waals surface area contributed by atoms with E-state index in [1.807, 2.05) is 14.1 Å². The van der Waals surface area contributed by atoms with Gasteiger partial charge in [0.2, 0.25) is 15.9 Å². The maximum absolute atomic E-state index is 11.7. The zero-order chi connectivity index (χ0) is 16.6. The highest BCUT2D eigenvalue weighted by molar-refractivity contribution is 7.89. The number of nitrogens with zero attached hydrogens (tertiary/aromatic N) is 1. The van der Waals surface area contributed by atoms with Crippen LogP contribution in [0, 0.1) is 0 Å². The standard InChI is InChI=1S/C15H25N3O3S/c1-16-22(20,21)14-8-5-13(6-9-14)7-10-15(19)17-11-4-12-18(2)3/h5-6,8-9,16H,4,7,10-12H2,1-3H3,(H,17,19). The SMILES string of the molecule is CNS(=O)(=O)c1ccc(CCC(=O)NCCCN(C)C)cc1. The summed E-state index contributed by atoms with van der Waals surface area (Å²) in [4.78, 5) is 14.0. The average molecular weight is 327 g/mol. The van der Waals surface area contributed by atoms with E-state index in [-0.39, 0.29) is 10.8 Å². The van der Waals surface area contributed by atoms with E-state index in [1.165, 1.54) is 7.05 Å². The number of aryl methyl sites for hydroxylation is 1. The molecule has 0 spiro atoms. The molecule has 0 fully saturated rings. The van der Waals surface area contributed by atoms with Crippen LogP contribution in [0.3, 0.4) is 0 Å². The molecule has 1 rings (SSSR count). The lowest BCUT2D eigenvalue weighted by molar-refractivity contribution is -0.121. The summed E-state index contributed by atoms with van der Waals surface area (Å²) in [5.41, 5.74) is 0.943. The predicted molar refractivity (Wildman–Crippen MR) is 87.2 cm³/mol. The maximum Gasteiger partial charge on any atom is 0.240 e. The number of sulfonamides is 1. The molecule has 0 aliphatic carbocycles. The van der Waals surface area contributed by atoms with Crippen LogP contribution in [0.2, 0.25) is 0 Å². The van der Waals surface area contributed by atoms with Gasteiger partial charge in [-0.05, 0) is 58.2 Å². The van der Waals surface area contributed by atoms with Crippen LogP contribution >= 0.6 is 0 Å². The number of amides is 1. The average Bonchev–Trinajstić information content (AvgIpc) is 2.49. The minimum Gasteiger partial charge on any atom is -0.356 e. The fourth-order valence-electron chi connectivity index (χ4n) is 1.92. The lowest BCUT2D eigenvalue weighted by atomic mass is 10.1. The van der Waals surface area contributed by atoms with Crippen molar-refractivity contribution in [3.8, 4) is 0 Å². The van der Waals surface area contributed by atoms with E-state index >= 15 is 0 Å². The van der Waals surface area contributed by atoms with Crippen molar-refractivity contribution < 1.29 is 13.2 Å². The number of carbonyl (C=O) groups is 1. The van der Waals surface area contributed by atoms with Gasteiger partial charge in [0.15, 0.2) is 0 Å². The first-order valence-corrected chi connectivity index (χ1v) is 8.77. The van der Waals surface area contributed by atoms with E-state index in [4.69, 9.17) is 0 Å². The molecule has 124 valence electrons. The Hall–Kier alpha value is -1.44. The zero-order valence-corrected chi connectivity index (χ0v) is 14.2. The van der Waals surface area contributed by atoms with E-state index in [9.17, 15) is 13.2 Å². The molecule has 0 saturated carbocycles. The third-order valence-electron chi connectivity index (χ3n) is 3.25. The highest BCUT2D eigenvalue weighted by Crippen LogP contribution is 2.11. The molecule has 0 aliphatic rings. The van der Waals surface area contributed by atoms with Crippen molar-refractivity contribution in [3.05, 3.63) is 29.8 Å². The Morgan fingerprint density at radius 2 is 1.82 bits per heavy atom. The molecule has 1 aromatic carbocycles. The van der Waals surface area contributed by atoms with E-state index < -0.39 is 10.0 Å². The molecular weight excluding hydrogens is 302 g/mol. The van der Waals surface area contributed by atoms with Gasteiger partial charge in [0.05, 0.1) is 4.90 Å². The Kier molecular flexibility index (Phi) is 7.50. The first kappa shape index (κ1) is 18.6. The topological polar surface area (TPSA) is 78.5 Å². The molecule has 0 aromatic heterocycles. The Balaban J connectivity index is 2.37. The predicted octanol–water partition coefficient (Wildman–Crippen LogP) is 0.595. The van der Waals surface area contributed by atoms with Crippen molar-refractivity contribution in [1.82, 2.24) is 14.9 Å². The van der Waals surface area contributed by atoms with Crippen LogP contribution in [-0.2, 0) is 21.2 Å². The van der Waals surface area contributed by atoms with Gasteiger partial charge in [-0.25, -0.2) is 13.1 Å². The van der Waals surface area contributed by atoms with E-state index in [2.05, 4.69) is 14.9 Å². The fourth-order valence-corrected chi connectivity index (χ4v) is 2.65. The molecule has 0 saturated heterocycles. The third-order valence-corrected chi connectivity index (χ3v) is 4.68. The van der Waals surface area contributed by atoms with Crippen LogP contribution < -0.4 is 10.0 Å². The summed E-state index contributed by atoms with van der Waals surface area (Å²) >= 11 is 0. The number of carbonyl (C=O) groups excluding carboxylic acids is 1.